The maximum atomic E-state index is 12.8. The van der Waals surface area contributed by atoms with Crippen molar-refractivity contribution in [2.24, 2.45) is 0 Å². The molecular weight excluding hydrogens is 292 g/mol. The molecule has 0 aromatic heterocycles. The van der Waals surface area contributed by atoms with Gasteiger partial charge in [0.1, 0.15) is 12.6 Å². The zero-order chi connectivity index (χ0) is 17.0. The molecule has 0 bridgehead atoms. The van der Waals surface area contributed by atoms with Gasteiger partial charge in [-0.2, -0.15) is 0 Å². The summed E-state index contributed by atoms with van der Waals surface area (Å²) in [6.07, 6.45) is 4.29. The van der Waals surface area contributed by atoms with Crippen LogP contribution in [0.3, 0.4) is 0 Å². The summed E-state index contributed by atoms with van der Waals surface area (Å²) in [4.78, 5) is 26.3. The highest BCUT2D eigenvalue weighted by Crippen LogP contribution is 2.31. The monoisotopic (exact) mass is 314 g/mol. The second-order valence-corrected chi connectivity index (χ2v) is 6.36. The van der Waals surface area contributed by atoms with Crippen LogP contribution in [-0.2, 0) is 9.53 Å². The lowest BCUT2D eigenvalue weighted by Gasteiger charge is -2.33. The molecule has 1 heterocycles. The Hall–Kier alpha value is -2.56. The van der Waals surface area contributed by atoms with Gasteiger partial charge in [0.2, 0.25) is 5.91 Å². The second kappa shape index (κ2) is 6.69. The molecule has 5 nitrogen and oxygen atoms in total. The molecule has 1 N–H and O–H groups in total. The van der Waals surface area contributed by atoms with Gasteiger partial charge in [0.15, 0.2) is 0 Å². The zero-order valence-electron chi connectivity index (χ0n) is 13.7. The third kappa shape index (κ3) is 4.00. The molecule has 1 unspecified atom stereocenters. The number of benzene rings is 1. The van der Waals surface area contributed by atoms with Gasteiger partial charge in [-0.1, -0.05) is 36.9 Å². The Morgan fingerprint density at radius 2 is 2.04 bits per heavy atom. The molecule has 23 heavy (non-hydrogen) atoms. The maximum Gasteiger partial charge on any atom is 0.415 e. The first-order chi connectivity index (χ1) is 10.8. The quantitative estimate of drug-likeness (QED) is 0.871. The van der Waals surface area contributed by atoms with Crippen molar-refractivity contribution < 1.29 is 14.3 Å². The van der Waals surface area contributed by atoms with Crippen LogP contribution < -0.4 is 5.32 Å². The van der Waals surface area contributed by atoms with E-state index in [9.17, 15) is 9.59 Å². The fraction of sp³-hybridized carbons (Fsp3) is 0.333. The van der Waals surface area contributed by atoms with Crippen molar-refractivity contribution in [2.45, 2.75) is 32.4 Å². The van der Waals surface area contributed by atoms with Gasteiger partial charge in [0.05, 0.1) is 0 Å². The average Bonchev–Trinajstić information content (AvgIpc) is 2.49. The van der Waals surface area contributed by atoms with Crippen LogP contribution in [0.2, 0.25) is 0 Å². The predicted octanol–water partition coefficient (Wildman–Crippen LogP) is 3.25. The van der Waals surface area contributed by atoms with Crippen LogP contribution in [0.4, 0.5) is 4.79 Å². The smallest absolute Gasteiger partial charge is 0.415 e. The van der Waals surface area contributed by atoms with Crippen LogP contribution in [0.25, 0.3) is 6.08 Å². The highest BCUT2D eigenvalue weighted by Gasteiger charge is 2.35. The van der Waals surface area contributed by atoms with E-state index in [0.29, 0.717) is 0 Å². The minimum absolute atomic E-state index is 0.0957. The van der Waals surface area contributed by atoms with Gasteiger partial charge in [-0.3, -0.25) is 9.69 Å². The standard InChI is InChI=1S/C18H22N2O3/c1-5-12-23-17(22)20-11-10-13-8-6-7-9-14(13)15(20)16(21)19-18(2,3)4/h5-11,15H,1,12H2,2-4H3,(H,19,21). The number of fused-ring (bicyclic) bond motifs is 1. The third-order valence-corrected chi connectivity index (χ3v) is 3.27. The van der Waals surface area contributed by atoms with Crippen molar-refractivity contribution in [1.82, 2.24) is 10.2 Å². The van der Waals surface area contributed by atoms with Crippen molar-refractivity contribution in [3.63, 3.8) is 0 Å². The van der Waals surface area contributed by atoms with Crippen molar-refractivity contribution in [3.8, 4) is 0 Å². The summed E-state index contributed by atoms with van der Waals surface area (Å²) in [5.74, 6) is -0.246. The van der Waals surface area contributed by atoms with E-state index in [0.717, 1.165) is 11.1 Å². The highest BCUT2D eigenvalue weighted by atomic mass is 16.6. The number of carbonyl (C=O) groups is 2. The van der Waals surface area contributed by atoms with Gasteiger partial charge in [0.25, 0.3) is 0 Å². The van der Waals surface area contributed by atoms with Gasteiger partial charge < -0.3 is 10.1 Å². The summed E-state index contributed by atoms with van der Waals surface area (Å²) in [6.45, 7) is 9.31. The first-order valence-corrected chi connectivity index (χ1v) is 7.48. The number of nitrogens with zero attached hydrogens (tertiary/aromatic N) is 1. The number of hydrogen-bond acceptors (Lipinski definition) is 3. The molecule has 5 heteroatoms. The normalized spacial score (nSPS) is 16.5. The predicted molar refractivity (Wildman–Crippen MR) is 89.5 cm³/mol. The Balaban J connectivity index is 2.36. The third-order valence-electron chi connectivity index (χ3n) is 3.27. The lowest BCUT2D eigenvalue weighted by atomic mass is 9.95. The fourth-order valence-corrected chi connectivity index (χ4v) is 2.38. The van der Waals surface area contributed by atoms with Crippen LogP contribution in [0.1, 0.15) is 37.9 Å². The Labute approximate surface area is 136 Å². The molecule has 1 aromatic carbocycles. The molecule has 0 saturated carbocycles. The molecule has 2 rings (SSSR count). The summed E-state index contributed by atoms with van der Waals surface area (Å²) in [6, 6.07) is 6.75. The number of carbonyl (C=O) groups excluding carboxylic acids is 2. The largest absolute Gasteiger partial charge is 0.445 e. The topological polar surface area (TPSA) is 58.6 Å². The molecule has 0 fully saturated rings. The molecule has 1 aromatic rings. The van der Waals surface area contributed by atoms with Gasteiger partial charge in [-0.05, 0) is 38.0 Å². The van der Waals surface area contributed by atoms with Crippen molar-refractivity contribution in [1.29, 1.82) is 0 Å². The van der Waals surface area contributed by atoms with E-state index in [2.05, 4.69) is 11.9 Å². The molecule has 0 radical (unpaired) electrons. The molecule has 122 valence electrons. The molecule has 0 aliphatic carbocycles. The van der Waals surface area contributed by atoms with E-state index in [1.54, 1.807) is 12.3 Å². The van der Waals surface area contributed by atoms with Crippen molar-refractivity contribution in [3.05, 3.63) is 54.2 Å². The molecule has 1 aliphatic heterocycles. The van der Waals surface area contributed by atoms with Crippen molar-refractivity contribution in [2.75, 3.05) is 6.61 Å². The van der Waals surface area contributed by atoms with E-state index in [4.69, 9.17) is 4.74 Å². The van der Waals surface area contributed by atoms with Gasteiger partial charge in [-0.15, -0.1) is 0 Å². The van der Waals surface area contributed by atoms with E-state index >= 15 is 0 Å². The van der Waals surface area contributed by atoms with E-state index in [-0.39, 0.29) is 12.5 Å². The number of rotatable bonds is 3. The molecule has 1 aliphatic rings. The maximum absolute atomic E-state index is 12.8. The molecular formula is C18H22N2O3. The number of ether oxygens (including phenoxy) is 1. The van der Waals surface area contributed by atoms with Gasteiger partial charge >= 0.3 is 6.09 Å². The lowest BCUT2D eigenvalue weighted by molar-refractivity contribution is -0.126. The SMILES string of the molecule is C=CCOC(=O)N1C=Cc2ccccc2C1C(=O)NC(C)(C)C. The molecule has 2 amide bonds. The van der Waals surface area contributed by atoms with Crippen LogP contribution in [0.15, 0.2) is 43.1 Å². The Kier molecular flexibility index (Phi) is 4.89. The van der Waals surface area contributed by atoms with Crippen LogP contribution >= 0.6 is 0 Å². The van der Waals surface area contributed by atoms with E-state index in [1.807, 2.05) is 45.0 Å². The summed E-state index contributed by atoms with van der Waals surface area (Å²) >= 11 is 0. The molecule has 1 atom stereocenters. The number of nitrogens with one attached hydrogen (secondary N) is 1. The van der Waals surface area contributed by atoms with Crippen LogP contribution in [0.5, 0.6) is 0 Å². The minimum Gasteiger partial charge on any atom is -0.445 e. The second-order valence-electron chi connectivity index (χ2n) is 6.36. The van der Waals surface area contributed by atoms with E-state index < -0.39 is 17.7 Å². The Bertz CT molecular complexity index is 644. The van der Waals surface area contributed by atoms with E-state index in [1.165, 1.54) is 11.0 Å². The molecule has 0 saturated heterocycles. The lowest BCUT2D eigenvalue weighted by Crippen LogP contribution is -2.48. The summed E-state index contributed by atoms with van der Waals surface area (Å²) in [5.41, 5.74) is 1.28. The fourth-order valence-electron chi connectivity index (χ4n) is 2.38. The summed E-state index contributed by atoms with van der Waals surface area (Å²) < 4.78 is 5.09. The van der Waals surface area contributed by atoms with Gasteiger partial charge in [0, 0.05) is 11.7 Å². The van der Waals surface area contributed by atoms with Crippen LogP contribution in [-0.4, -0.2) is 29.0 Å². The zero-order valence-corrected chi connectivity index (χ0v) is 13.7. The number of amides is 2. The summed E-state index contributed by atoms with van der Waals surface area (Å²) in [7, 11) is 0. The first-order valence-electron chi connectivity index (χ1n) is 7.48. The minimum atomic E-state index is -0.757. The Morgan fingerprint density at radius 1 is 1.35 bits per heavy atom. The van der Waals surface area contributed by atoms with Crippen molar-refractivity contribution >= 4 is 18.1 Å². The first kappa shape index (κ1) is 16.8. The molecule has 0 spiro atoms. The average molecular weight is 314 g/mol. The summed E-state index contributed by atoms with van der Waals surface area (Å²) in [5, 5.41) is 2.93. The Morgan fingerprint density at radius 3 is 2.70 bits per heavy atom. The highest BCUT2D eigenvalue weighted by molar-refractivity contribution is 5.90. The van der Waals surface area contributed by atoms with Crippen LogP contribution in [0, 0.1) is 0 Å². The van der Waals surface area contributed by atoms with Gasteiger partial charge in [-0.25, -0.2) is 4.79 Å². The number of hydrogen-bond donors (Lipinski definition) is 1.